The summed E-state index contributed by atoms with van der Waals surface area (Å²) in [6.07, 6.45) is 2.72. The third-order valence-corrected chi connectivity index (χ3v) is 3.57. The highest BCUT2D eigenvalue weighted by atomic mass is 79.9. The van der Waals surface area contributed by atoms with E-state index < -0.39 is 0 Å². The fraction of sp³-hybridized carbons (Fsp3) is 0.154. The van der Waals surface area contributed by atoms with E-state index in [2.05, 4.69) is 26.2 Å². The third-order valence-electron chi connectivity index (χ3n) is 2.36. The molecule has 2 rings (SSSR count). The van der Waals surface area contributed by atoms with E-state index in [-0.39, 0.29) is 0 Å². The van der Waals surface area contributed by atoms with Crippen molar-refractivity contribution in [3.63, 3.8) is 0 Å². The summed E-state index contributed by atoms with van der Waals surface area (Å²) >= 11 is 9.32. The van der Waals surface area contributed by atoms with Crippen LogP contribution in [0.4, 0.5) is 5.69 Å². The first-order valence-corrected chi connectivity index (χ1v) is 6.51. The van der Waals surface area contributed by atoms with Crippen molar-refractivity contribution in [1.29, 1.82) is 0 Å². The first-order chi connectivity index (χ1) is 8.25. The summed E-state index contributed by atoms with van der Waals surface area (Å²) in [4.78, 5) is 4.27. The molecule has 1 N–H and O–H groups in total. The molecular weight excluding hydrogens is 300 g/mol. The number of rotatable bonds is 4. The molecule has 88 valence electrons. The third kappa shape index (κ3) is 3.72. The second-order valence-electron chi connectivity index (χ2n) is 3.63. The van der Waals surface area contributed by atoms with Gasteiger partial charge in [0.1, 0.15) is 0 Å². The molecule has 0 saturated heterocycles. The number of nitrogens with zero attached hydrogens (tertiary/aromatic N) is 1. The largest absolute Gasteiger partial charge is 0.385 e. The SMILES string of the molecule is Clc1ccc(NCCc2ccccn2)cc1Br. The van der Waals surface area contributed by atoms with Crippen molar-refractivity contribution < 1.29 is 0 Å². The van der Waals surface area contributed by atoms with E-state index in [9.17, 15) is 0 Å². The first kappa shape index (κ1) is 12.4. The summed E-state index contributed by atoms with van der Waals surface area (Å²) in [5.41, 5.74) is 2.14. The van der Waals surface area contributed by atoms with Crippen LogP contribution in [0.25, 0.3) is 0 Å². The molecule has 0 aliphatic rings. The molecule has 0 amide bonds. The van der Waals surface area contributed by atoms with Crippen LogP contribution in [-0.4, -0.2) is 11.5 Å². The molecule has 2 aromatic rings. The van der Waals surface area contributed by atoms with E-state index in [1.807, 2.05) is 42.6 Å². The van der Waals surface area contributed by atoms with Crippen LogP contribution in [0.3, 0.4) is 0 Å². The molecule has 2 nitrogen and oxygen atoms in total. The van der Waals surface area contributed by atoms with Crippen LogP contribution in [0.2, 0.25) is 5.02 Å². The second kappa shape index (κ2) is 6.03. The van der Waals surface area contributed by atoms with Gasteiger partial charge in [0.15, 0.2) is 0 Å². The van der Waals surface area contributed by atoms with Crippen LogP contribution in [0.1, 0.15) is 5.69 Å². The molecule has 1 aromatic carbocycles. The maximum absolute atomic E-state index is 5.93. The van der Waals surface area contributed by atoms with Crippen LogP contribution in [-0.2, 0) is 6.42 Å². The van der Waals surface area contributed by atoms with Gasteiger partial charge in [-0.25, -0.2) is 0 Å². The Morgan fingerprint density at radius 2 is 2.12 bits per heavy atom. The van der Waals surface area contributed by atoms with Crippen molar-refractivity contribution >= 4 is 33.2 Å². The Bertz CT molecular complexity index is 488. The lowest BCUT2D eigenvalue weighted by atomic mass is 10.2. The summed E-state index contributed by atoms with van der Waals surface area (Å²) in [6, 6.07) is 11.8. The highest BCUT2D eigenvalue weighted by molar-refractivity contribution is 9.10. The predicted molar refractivity (Wildman–Crippen MR) is 75.6 cm³/mol. The molecule has 4 heteroatoms. The fourth-order valence-corrected chi connectivity index (χ4v) is 1.98. The van der Waals surface area contributed by atoms with E-state index in [0.717, 1.165) is 33.8 Å². The minimum absolute atomic E-state index is 0.722. The quantitative estimate of drug-likeness (QED) is 0.917. The van der Waals surface area contributed by atoms with Crippen molar-refractivity contribution in [3.8, 4) is 0 Å². The summed E-state index contributed by atoms with van der Waals surface area (Å²) in [7, 11) is 0. The molecule has 0 radical (unpaired) electrons. The van der Waals surface area contributed by atoms with Gasteiger partial charge in [-0.3, -0.25) is 4.98 Å². The van der Waals surface area contributed by atoms with Crippen LogP contribution >= 0.6 is 27.5 Å². The van der Waals surface area contributed by atoms with Gasteiger partial charge in [0.05, 0.1) is 5.02 Å². The average Bonchev–Trinajstić information content (AvgIpc) is 2.35. The van der Waals surface area contributed by atoms with Crippen LogP contribution in [0, 0.1) is 0 Å². The van der Waals surface area contributed by atoms with Crippen LogP contribution in [0.15, 0.2) is 47.1 Å². The Kier molecular flexibility index (Phi) is 4.40. The molecule has 0 aliphatic carbocycles. The molecule has 0 unspecified atom stereocenters. The normalized spacial score (nSPS) is 10.2. The average molecular weight is 312 g/mol. The Balaban J connectivity index is 1.88. The summed E-state index contributed by atoms with van der Waals surface area (Å²) in [5.74, 6) is 0. The lowest BCUT2D eigenvalue weighted by Crippen LogP contribution is -2.05. The zero-order valence-electron chi connectivity index (χ0n) is 9.16. The molecule has 0 saturated carbocycles. The smallest absolute Gasteiger partial charge is 0.0549 e. The number of halogens is 2. The van der Waals surface area contributed by atoms with E-state index >= 15 is 0 Å². The number of aromatic nitrogens is 1. The van der Waals surface area contributed by atoms with E-state index in [0.29, 0.717) is 0 Å². The maximum Gasteiger partial charge on any atom is 0.0549 e. The lowest BCUT2D eigenvalue weighted by molar-refractivity contribution is 0.961. The zero-order chi connectivity index (χ0) is 12.1. The minimum Gasteiger partial charge on any atom is -0.385 e. The van der Waals surface area contributed by atoms with Crippen molar-refractivity contribution in [2.45, 2.75) is 6.42 Å². The monoisotopic (exact) mass is 310 g/mol. The van der Waals surface area contributed by atoms with Crippen molar-refractivity contribution in [1.82, 2.24) is 4.98 Å². The minimum atomic E-state index is 0.722. The van der Waals surface area contributed by atoms with Crippen molar-refractivity contribution in [2.24, 2.45) is 0 Å². The number of hydrogen-bond acceptors (Lipinski definition) is 2. The molecule has 1 heterocycles. The summed E-state index contributed by atoms with van der Waals surface area (Å²) in [6.45, 7) is 0.852. The highest BCUT2D eigenvalue weighted by Gasteiger charge is 1.99. The number of nitrogens with one attached hydrogen (secondary N) is 1. The molecule has 0 atom stereocenters. The number of hydrogen-bond donors (Lipinski definition) is 1. The molecular formula is C13H12BrClN2. The molecule has 0 aliphatic heterocycles. The Hall–Kier alpha value is -1.06. The van der Waals surface area contributed by atoms with Gasteiger partial charge in [-0.15, -0.1) is 0 Å². The molecule has 1 aromatic heterocycles. The van der Waals surface area contributed by atoms with Crippen molar-refractivity contribution in [2.75, 3.05) is 11.9 Å². The van der Waals surface area contributed by atoms with Gasteiger partial charge in [-0.05, 0) is 46.3 Å². The summed E-state index contributed by atoms with van der Waals surface area (Å²) < 4.78 is 0.905. The predicted octanol–water partition coefficient (Wildman–Crippen LogP) is 4.15. The fourth-order valence-electron chi connectivity index (χ4n) is 1.49. The van der Waals surface area contributed by atoms with Gasteiger partial charge >= 0.3 is 0 Å². The van der Waals surface area contributed by atoms with Gasteiger partial charge < -0.3 is 5.32 Å². The summed E-state index contributed by atoms with van der Waals surface area (Å²) in [5, 5.41) is 4.06. The Morgan fingerprint density at radius 3 is 2.82 bits per heavy atom. The van der Waals surface area contributed by atoms with Crippen LogP contribution < -0.4 is 5.32 Å². The topological polar surface area (TPSA) is 24.9 Å². The molecule has 17 heavy (non-hydrogen) atoms. The maximum atomic E-state index is 5.93. The van der Waals surface area contributed by atoms with Crippen molar-refractivity contribution in [3.05, 3.63) is 57.8 Å². The van der Waals surface area contributed by atoms with Gasteiger partial charge in [0, 0.05) is 35.0 Å². The standard InChI is InChI=1S/C13H12BrClN2/c14-12-9-11(4-5-13(12)15)17-8-6-10-3-1-2-7-16-10/h1-5,7,9,17H,6,8H2. The van der Waals surface area contributed by atoms with E-state index in [1.54, 1.807) is 0 Å². The van der Waals surface area contributed by atoms with E-state index in [1.165, 1.54) is 0 Å². The Morgan fingerprint density at radius 1 is 1.24 bits per heavy atom. The van der Waals surface area contributed by atoms with Gasteiger partial charge in [-0.2, -0.15) is 0 Å². The molecule has 0 fully saturated rings. The highest BCUT2D eigenvalue weighted by Crippen LogP contribution is 2.25. The van der Waals surface area contributed by atoms with Gasteiger partial charge in [0.2, 0.25) is 0 Å². The Labute approximate surface area is 114 Å². The zero-order valence-corrected chi connectivity index (χ0v) is 11.5. The number of benzene rings is 1. The first-order valence-electron chi connectivity index (χ1n) is 5.34. The second-order valence-corrected chi connectivity index (χ2v) is 4.89. The number of anilines is 1. The van der Waals surface area contributed by atoms with Crippen LogP contribution in [0.5, 0.6) is 0 Å². The van der Waals surface area contributed by atoms with E-state index in [4.69, 9.17) is 11.6 Å². The van der Waals surface area contributed by atoms with Gasteiger partial charge in [0.25, 0.3) is 0 Å². The number of pyridine rings is 1. The lowest BCUT2D eigenvalue weighted by Gasteiger charge is -2.07. The molecule has 0 bridgehead atoms. The van der Waals surface area contributed by atoms with Gasteiger partial charge in [-0.1, -0.05) is 17.7 Å². The molecule has 0 spiro atoms.